The molecule has 3 nitrogen and oxygen atoms in total. The zero-order chi connectivity index (χ0) is 13.4. The zero-order valence-electron chi connectivity index (χ0n) is 10.9. The Morgan fingerprint density at radius 1 is 1.39 bits per heavy atom. The van der Waals surface area contributed by atoms with E-state index >= 15 is 0 Å². The highest BCUT2D eigenvalue weighted by molar-refractivity contribution is 9.10. The average Bonchev–Trinajstić information content (AvgIpc) is 2.34. The van der Waals surface area contributed by atoms with Gasteiger partial charge in [-0.2, -0.15) is 5.26 Å². The van der Waals surface area contributed by atoms with Crippen molar-refractivity contribution in [2.75, 3.05) is 18.5 Å². The second-order valence-corrected chi connectivity index (χ2v) is 5.21. The van der Waals surface area contributed by atoms with Gasteiger partial charge < -0.3 is 10.1 Å². The van der Waals surface area contributed by atoms with Crippen LogP contribution >= 0.6 is 15.9 Å². The van der Waals surface area contributed by atoms with E-state index in [9.17, 15) is 0 Å². The lowest BCUT2D eigenvalue weighted by Gasteiger charge is -2.10. The van der Waals surface area contributed by atoms with Crippen LogP contribution in [0.4, 0.5) is 5.69 Å². The Hall–Kier alpha value is -1.05. The van der Waals surface area contributed by atoms with Gasteiger partial charge in [0.05, 0.1) is 17.7 Å². The quantitative estimate of drug-likeness (QED) is 0.776. The van der Waals surface area contributed by atoms with E-state index in [-0.39, 0.29) is 0 Å². The predicted molar refractivity (Wildman–Crippen MR) is 77.7 cm³/mol. The number of rotatable bonds is 7. The Balaban J connectivity index is 2.25. The van der Waals surface area contributed by atoms with E-state index in [1.807, 2.05) is 32.0 Å². The van der Waals surface area contributed by atoms with Crippen molar-refractivity contribution in [3.8, 4) is 6.07 Å². The van der Waals surface area contributed by atoms with Crippen molar-refractivity contribution >= 4 is 21.6 Å². The molecule has 1 N–H and O–H groups in total. The second-order valence-electron chi connectivity index (χ2n) is 4.36. The van der Waals surface area contributed by atoms with Crippen molar-refractivity contribution in [2.45, 2.75) is 32.8 Å². The molecular weight excluding hydrogens is 292 g/mol. The third-order valence-electron chi connectivity index (χ3n) is 2.44. The van der Waals surface area contributed by atoms with Crippen LogP contribution in [0.15, 0.2) is 22.7 Å². The van der Waals surface area contributed by atoms with Crippen molar-refractivity contribution in [3.63, 3.8) is 0 Å². The highest BCUT2D eigenvalue weighted by Crippen LogP contribution is 2.23. The van der Waals surface area contributed by atoms with Gasteiger partial charge in [-0.1, -0.05) is 0 Å². The minimum atomic E-state index is 0.311. The summed E-state index contributed by atoms with van der Waals surface area (Å²) >= 11 is 3.45. The molecule has 0 atom stereocenters. The molecule has 0 aliphatic rings. The summed E-state index contributed by atoms with van der Waals surface area (Å²) in [6, 6.07) is 7.68. The lowest BCUT2D eigenvalue weighted by Crippen LogP contribution is -2.07. The number of ether oxygens (including phenoxy) is 1. The molecule has 0 radical (unpaired) electrons. The molecule has 0 aliphatic carbocycles. The Bertz CT molecular complexity index is 413. The van der Waals surface area contributed by atoms with Gasteiger partial charge in [0.2, 0.25) is 0 Å². The first-order chi connectivity index (χ1) is 8.63. The van der Waals surface area contributed by atoms with E-state index < -0.39 is 0 Å². The van der Waals surface area contributed by atoms with Crippen LogP contribution in [0.25, 0.3) is 0 Å². The number of nitrogens with one attached hydrogen (secondary N) is 1. The molecule has 0 aliphatic heterocycles. The number of benzene rings is 1. The smallest absolute Gasteiger partial charge is 0.0992 e. The van der Waals surface area contributed by atoms with Crippen LogP contribution in [0.2, 0.25) is 0 Å². The molecule has 0 amide bonds. The zero-order valence-corrected chi connectivity index (χ0v) is 12.5. The first kappa shape index (κ1) is 15.0. The molecule has 0 saturated heterocycles. The molecule has 1 rings (SSSR count). The lowest BCUT2D eigenvalue weighted by atomic mass is 10.2. The number of nitriles is 1. The van der Waals surface area contributed by atoms with Gasteiger partial charge in [-0.15, -0.1) is 0 Å². The van der Waals surface area contributed by atoms with Crippen LogP contribution in [0.5, 0.6) is 0 Å². The molecule has 0 heterocycles. The van der Waals surface area contributed by atoms with Gasteiger partial charge in [0.1, 0.15) is 0 Å². The fourth-order valence-corrected chi connectivity index (χ4v) is 2.02. The van der Waals surface area contributed by atoms with Crippen molar-refractivity contribution in [2.24, 2.45) is 0 Å². The van der Waals surface area contributed by atoms with Crippen molar-refractivity contribution in [1.29, 1.82) is 5.26 Å². The highest BCUT2D eigenvalue weighted by atomic mass is 79.9. The molecule has 0 spiro atoms. The fraction of sp³-hybridized carbons (Fsp3) is 0.500. The van der Waals surface area contributed by atoms with Crippen LogP contribution in [0, 0.1) is 11.3 Å². The molecule has 1 aromatic carbocycles. The summed E-state index contributed by atoms with van der Waals surface area (Å²) in [5.41, 5.74) is 1.69. The molecule has 98 valence electrons. The normalized spacial score (nSPS) is 10.4. The van der Waals surface area contributed by atoms with Gasteiger partial charge in [-0.3, -0.25) is 0 Å². The van der Waals surface area contributed by atoms with E-state index in [1.165, 1.54) is 0 Å². The summed E-state index contributed by atoms with van der Waals surface area (Å²) in [4.78, 5) is 0. The van der Waals surface area contributed by atoms with Gasteiger partial charge in [-0.25, -0.2) is 0 Å². The molecular formula is C14H19BrN2O. The average molecular weight is 311 g/mol. The Labute approximate surface area is 117 Å². The largest absolute Gasteiger partial charge is 0.384 e. The summed E-state index contributed by atoms with van der Waals surface area (Å²) in [5, 5.41) is 12.1. The van der Waals surface area contributed by atoms with Gasteiger partial charge >= 0.3 is 0 Å². The van der Waals surface area contributed by atoms with Crippen molar-refractivity contribution < 1.29 is 4.74 Å². The molecule has 0 fully saturated rings. The summed E-state index contributed by atoms with van der Waals surface area (Å²) in [5.74, 6) is 0. The molecule has 0 bridgehead atoms. The highest BCUT2D eigenvalue weighted by Gasteiger charge is 2.00. The van der Waals surface area contributed by atoms with Gasteiger partial charge in [-0.05, 0) is 60.8 Å². The van der Waals surface area contributed by atoms with Crippen LogP contribution in [0.1, 0.15) is 32.3 Å². The van der Waals surface area contributed by atoms with Crippen LogP contribution in [-0.4, -0.2) is 19.3 Å². The molecule has 0 aromatic heterocycles. The predicted octanol–water partition coefficient (Wildman–Crippen LogP) is 3.94. The Morgan fingerprint density at radius 3 is 2.78 bits per heavy atom. The molecule has 4 heteroatoms. The SMILES string of the molecule is CC(C)OCCCCNc1ccc(C#N)cc1Br. The van der Waals surface area contributed by atoms with Crippen molar-refractivity contribution in [1.82, 2.24) is 0 Å². The maximum absolute atomic E-state index is 8.77. The topological polar surface area (TPSA) is 45.0 Å². The van der Waals surface area contributed by atoms with E-state index in [1.54, 1.807) is 0 Å². The lowest BCUT2D eigenvalue weighted by molar-refractivity contribution is 0.0765. The number of anilines is 1. The number of halogens is 1. The summed E-state index contributed by atoms with van der Waals surface area (Å²) < 4.78 is 6.41. The van der Waals surface area contributed by atoms with Crippen LogP contribution in [-0.2, 0) is 4.74 Å². The maximum Gasteiger partial charge on any atom is 0.0992 e. The summed E-state index contributed by atoms with van der Waals surface area (Å²) in [6.45, 7) is 5.82. The third-order valence-corrected chi connectivity index (χ3v) is 3.09. The van der Waals surface area contributed by atoms with Crippen LogP contribution in [0.3, 0.4) is 0 Å². The number of hydrogen-bond donors (Lipinski definition) is 1. The van der Waals surface area contributed by atoms with E-state index in [0.29, 0.717) is 11.7 Å². The number of unbranched alkanes of at least 4 members (excludes halogenated alkanes) is 1. The third kappa shape index (κ3) is 5.52. The number of hydrogen-bond acceptors (Lipinski definition) is 3. The maximum atomic E-state index is 8.77. The Morgan fingerprint density at radius 2 is 2.17 bits per heavy atom. The van der Waals surface area contributed by atoms with E-state index in [4.69, 9.17) is 10.00 Å². The minimum Gasteiger partial charge on any atom is -0.384 e. The van der Waals surface area contributed by atoms with Crippen molar-refractivity contribution in [3.05, 3.63) is 28.2 Å². The Kier molecular flexibility index (Phi) is 6.77. The second kappa shape index (κ2) is 8.12. The first-order valence-electron chi connectivity index (χ1n) is 6.18. The minimum absolute atomic E-state index is 0.311. The molecule has 0 unspecified atom stereocenters. The summed E-state index contributed by atoms with van der Waals surface area (Å²) in [7, 11) is 0. The summed E-state index contributed by atoms with van der Waals surface area (Å²) in [6.07, 6.45) is 2.43. The van der Waals surface area contributed by atoms with Crippen LogP contribution < -0.4 is 5.32 Å². The van der Waals surface area contributed by atoms with Gasteiger partial charge in [0.25, 0.3) is 0 Å². The van der Waals surface area contributed by atoms with E-state index in [0.717, 1.165) is 36.2 Å². The first-order valence-corrected chi connectivity index (χ1v) is 6.98. The monoisotopic (exact) mass is 310 g/mol. The molecule has 0 saturated carbocycles. The standard InChI is InChI=1S/C14H19BrN2O/c1-11(2)18-8-4-3-7-17-14-6-5-12(10-16)9-13(14)15/h5-6,9,11,17H,3-4,7-8H2,1-2H3. The molecule has 18 heavy (non-hydrogen) atoms. The number of nitrogens with zero attached hydrogens (tertiary/aromatic N) is 1. The molecule has 1 aromatic rings. The van der Waals surface area contributed by atoms with E-state index in [2.05, 4.69) is 27.3 Å². The fourth-order valence-electron chi connectivity index (χ4n) is 1.50. The van der Waals surface area contributed by atoms with Gasteiger partial charge in [0, 0.05) is 23.3 Å². The van der Waals surface area contributed by atoms with Gasteiger partial charge in [0.15, 0.2) is 0 Å².